The lowest BCUT2D eigenvalue weighted by Gasteiger charge is -2.22. The normalized spacial score (nSPS) is 16.0. The molecule has 0 radical (unpaired) electrons. The zero-order valence-corrected chi connectivity index (χ0v) is 9.38. The monoisotopic (exact) mass is 210 g/mol. The fourth-order valence-corrected chi connectivity index (χ4v) is 2.44. The highest BCUT2D eigenvalue weighted by Gasteiger charge is 2.17. The lowest BCUT2D eigenvalue weighted by molar-refractivity contribution is 0.313. The van der Waals surface area contributed by atoms with Gasteiger partial charge in [0.2, 0.25) is 0 Å². The van der Waals surface area contributed by atoms with Crippen LogP contribution in [-0.4, -0.2) is 23.5 Å². The molecule has 0 fully saturated rings. The molecule has 1 aromatic carbocycles. The summed E-state index contributed by atoms with van der Waals surface area (Å²) in [4.78, 5) is 5.84. The zero-order valence-electron chi connectivity index (χ0n) is 9.38. The number of likely N-dealkylation sites (N-methyl/N-ethyl adjacent to an activating group) is 1. The molecule has 2 heterocycles. The molecule has 0 unspecified atom stereocenters. The van der Waals surface area contributed by atoms with Crippen molar-refractivity contribution in [3.63, 3.8) is 0 Å². The molecule has 1 N–H and O–H groups in total. The Labute approximate surface area is 95.3 Å². The Hall–Kier alpha value is -1.72. The summed E-state index contributed by atoms with van der Waals surface area (Å²) in [5.74, 6) is 2.70. The smallest absolute Gasteiger partial charge is 0.0460 e. The predicted molar refractivity (Wildman–Crippen MR) is 66.3 cm³/mol. The van der Waals surface area contributed by atoms with Crippen LogP contribution in [0.1, 0.15) is 16.8 Å². The third-order valence-corrected chi connectivity index (χ3v) is 3.33. The van der Waals surface area contributed by atoms with Crippen LogP contribution in [0.5, 0.6) is 0 Å². The first-order chi connectivity index (χ1) is 7.78. The quantitative estimate of drug-likeness (QED) is 0.660. The number of aromatic amines is 1. The Morgan fingerprint density at radius 1 is 1.44 bits per heavy atom. The lowest BCUT2D eigenvalue weighted by atomic mass is 10.0. The summed E-state index contributed by atoms with van der Waals surface area (Å²) < 4.78 is 0. The highest BCUT2D eigenvalue weighted by Crippen LogP contribution is 2.27. The first kappa shape index (κ1) is 9.50. The van der Waals surface area contributed by atoms with Gasteiger partial charge in [0.15, 0.2) is 0 Å². The SMILES string of the molecule is C#Cc1ccc2[nH]c3c(c2c1)CN(C)CC3. The van der Waals surface area contributed by atoms with Gasteiger partial charge in [-0.3, -0.25) is 0 Å². The second-order valence-corrected chi connectivity index (χ2v) is 4.47. The van der Waals surface area contributed by atoms with E-state index in [1.807, 2.05) is 6.07 Å². The highest BCUT2D eigenvalue weighted by atomic mass is 15.1. The average Bonchev–Trinajstić information content (AvgIpc) is 2.66. The van der Waals surface area contributed by atoms with Gasteiger partial charge in [0.1, 0.15) is 0 Å². The van der Waals surface area contributed by atoms with Crippen molar-refractivity contribution in [1.82, 2.24) is 9.88 Å². The molecule has 0 atom stereocenters. The van der Waals surface area contributed by atoms with Crippen molar-refractivity contribution in [1.29, 1.82) is 0 Å². The Kier molecular flexibility index (Phi) is 2.02. The fourth-order valence-electron chi connectivity index (χ4n) is 2.44. The van der Waals surface area contributed by atoms with Gasteiger partial charge < -0.3 is 9.88 Å². The number of aromatic nitrogens is 1. The van der Waals surface area contributed by atoms with E-state index in [1.54, 1.807) is 0 Å². The molecular weight excluding hydrogens is 196 g/mol. The molecular formula is C14H14N2. The number of rotatable bonds is 0. The van der Waals surface area contributed by atoms with Crippen LogP contribution in [0, 0.1) is 12.3 Å². The Bertz CT molecular complexity index is 587. The Morgan fingerprint density at radius 3 is 3.12 bits per heavy atom. The summed E-state index contributed by atoms with van der Waals surface area (Å²) in [6.07, 6.45) is 6.55. The van der Waals surface area contributed by atoms with Crippen molar-refractivity contribution < 1.29 is 0 Å². The maximum atomic E-state index is 5.44. The van der Waals surface area contributed by atoms with Gasteiger partial charge in [-0.1, -0.05) is 5.92 Å². The molecule has 1 aromatic heterocycles. The van der Waals surface area contributed by atoms with Crippen molar-refractivity contribution in [3.8, 4) is 12.3 Å². The molecule has 0 amide bonds. The molecule has 2 heteroatoms. The molecule has 0 saturated carbocycles. The number of nitrogens with zero attached hydrogens (tertiary/aromatic N) is 1. The molecule has 1 aliphatic heterocycles. The fraction of sp³-hybridized carbons (Fsp3) is 0.286. The molecule has 2 nitrogen and oxygen atoms in total. The van der Waals surface area contributed by atoms with E-state index in [-0.39, 0.29) is 0 Å². The van der Waals surface area contributed by atoms with E-state index < -0.39 is 0 Å². The third kappa shape index (κ3) is 1.33. The van der Waals surface area contributed by atoms with Crippen LogP contribution < -0.4 is 0 Å². The lowest BCUT2D eigenvalue weighted by Crippen LogP contribution is -2.25. The molecule has 0 bridgehead atoms. The van der Waals surface area contributed by atoms with E-state index in [0.29, 0.717) is 0 Å². The van der Waals surface area contributed by atoms with E-state index in [0.717, 1.165) is 25.1 Å². The molecule has 0 saturated heterocycles. The Morgan fingerprint density at radius 2 is 2.31 bits per heavy atom. The molecule has 80 valence electrons. The van der Waals surface area contributed by atoms with Crippen LogP contribution in [0.25, 0.3) is 10.9 Å². The van der Waals surface area contributed by atoms with Crippen molar-refractivity contribution in [2.24, 2.45) is 0 Å². The summed E-state index contributed by atoms with van der Waals surface area (Å²) in [7, 11) is 2.16. The largest absolute Gasteiger partial charge is 0.358 e. The van der Waals surface area contributed by atoms with Gasteiger partial charge in [-0.15, -0.1) is 6.42 Å². The van der Waals surface area contributed by atoms with Gasteiger partial charge >= 0.3 is 0 Å². The minimum Gasteiger partial charge on any atom is -0.358 e. The zero-order chi connectivity index (χ0) is 11.1. The molecule has 0 aliphatic carbocycles. The maximum Gasteiger partial charge on any atom is 0.0460 e. The standard InChI is InChI=1S/C14H14N2/c1-3-10-4-5-13-11(8-10)12-9-16(2)7-6-14(12)15-13/h1,4-5,8,15H,6-7,9H2,2H3. The van der Waals surface area contributed by atoms with Gasteiger partial charge in [0.25, 0.3) is 0 Å². The van der Waals surface area contributed by atoms with Crippen LogP contribution in [0.3, 0.4) is 0 Å². The first-order valence-electron chi connectivity index (χ1n) is 5.56. The number of nitrogens with one attached hydrogen (secondary N) is 1. The van der Waals surface area contributed by atoms with E-state index in [9.17, 15) is 0 Å². The van der Waals surface area contributed by atoms with Crippen LogP contribution in [0.15, 0.2) is 18.2 Å². The predicted octanol–water partition coefficient (Wildman–Crippen LogP) is 2.14. The topological polar surface area (TPSA) is 19.0 Å². The van der Waals surface area contributed by atoms with Gasteiger partial charge in [0, 0.05) is 41.7 Å². The summed E-state index contributed by atoms with van der Waals surface area (Å²) in [5, 5.41) is 1.29. The van der Waals surface area contributed by atoms with Gasteiger partial charge in [0.05, 0.1) is 0 Å². The number of hydrogen-bond donors (Lipinski definition) is 1. The van der Waals surface area contributed by atoms with Crippen molar-refractivity contribution in [3.05, 3.63) is 35.0 Å². The number of terminal acetylenes is 1. The maximum absolute atomic E-state index is 5.44. The summed E-state index contributed by atoms with van der Waals surface area (Å²) in [5.41, 5.74) is 4.96. The van der Waals surface area contributed by atoms with Gasteiger partial charge in [-0.25, -0.2) is 0 Å². The van der Waals surface area contributed by atoms with Crippen molar-refractivity contribution in [2.45, 2.75) is 13.0 Å². The molecule has 0 spiro atoms. The van der Waals surface area contributed by atoms with Gasteiger partial charge in [-0.2, -0.15) is 0 Å². The minimum atomic E-state index is 0.961. The number of hydrogen-bond acceptors (Lipinski definition) is 1. The Balaban J connectivity index is 2.25. The third-order valence-electron chi connectivity index (χ3n) is 3.33. The first-order valence-corrected chi connectivity index (χ1v) is 5.56. The molecule has 2 aromatic rings. The second kappa shape index (κ2) is 3.40. The summed E-state index contributed by atoms with van der Waals surface area (Å²) in [6, 6.07) is 6.20. The molecule has 3 rings (SSSR count). The van der Waals surface area contributed by atoms with Crippen molar-refractivity contribution >= 4 is 10.9 Å². The van der Waals surface area contributed by atoms with Crippen molar-refractivity contribution in [2.75, 3.05) is 13.6 Å². The minimum absolute atomic E-state index is 0.961. The number of fused-ring (bicyclic) bond motifs is 3. The summed E-state index contributed by atoms with van der Waals surface area (Å²) in [6.45, 7) is 2.14. The summed E-state index contributed by atoms with van der Waals surface area (Å²) >= 11 is 0. The van der Waals surface area contributed by atoms with Crippen LogP contribution in [0.4, 0.5) is 0 Å². The van der Waals surface area contributed by atoms with E-state index in [4.69, 9.17) is 6.42 Å². The van der Waals surface area contributed by atoms with Crippen LogP contribution in [0.2, 0.25) is 0 Å². The number of benzene rings is 1. The average molecular weight is 210 g/mol. The molecule has 16 heavy (non-hydrogen) atoms. The molecule has 1 aliphatic rings. The van der Waals surface area contributed by atoms with E-state index in [1.165, 1.54) is 22.2 Å². The highest BCUT2D eigenvalue weighted by molar-refractivity contribution is 5.86. The number of H-pyrrole nitrogens is 1. The van der Waals surface area contributed by atoms with Crippen LogP contribution >= 0.6 is 0 Å². The van der Waals surface area contributed by atoms with Gasteiger partial charge in [-0.05, 0) is 30.8 Å². The van der Waals surface area contributed by atoms with E-state index >= 15 is 0 Å². The van der Waals surface area contributed by atoms with E-state index in [2.05, 4.69) is 35.0 Å². The van der Waals surface area contributed by atoms with Crippen LogP contribution in [-0.2, 0) is 13.0 Å². The second-order valence-electron chi connectivity index (χ2n) is 4.47.